The van der Waals surface area contributed by atoms with Crippen molar-refractivity contribution in [3.63, 3.8) is 0 Å². The van der Waals surface area contributed by atoms with Crippen molar-refractivity contribution in [3.8, 4) is 0 Å². The third-order valence-electron chi connectivity index (χ3n) is 4.04. The summed E-state index contributed by atoms with van der Waals surface area (Å²) in [4.78, 5) is 39.4. The average molecular weight is 326 g/mol. The zero-order valence-corrected chi connectivity index (χ0v) is 13.6. The first-order valence-corrected chi connectivity index (χ1v) is 7.72. The van der Waals surface area contributed by atoms with E-state index in [0.717, 1.165) is 10.7 Å². The Bertz CT molecular complexity index is 774. The van der Waals surface area contributed by atoms with Crippen LogP contribution in [0.25, 0.3) is 0 Å². The van der Waals surface area contributed by atoms with Gasteiger partial charge in [0, 0.05) is 20.0 Å². The van der Waals surface area contributed by atoms with E-state index in [1.807, 2.05) is 19.1 Å². The normalized spacial score (nSPS) is 13.3. The molecule has 0 aliphatic carbocycles. The highest BCUT2D eigenvalue weighted by atomic mass is 16.3. The Morgan fingerprint density at radius 3 is 2.25 bits per heavy atom. The Hall–Kier alpha value is -2.89. The largest absolute Gasteiger partial charge is 0.464 e. The molecule has 6 heteroatoms. The smallest absolute Gasteiger partial charge is 0.261 e. The lowest BCUT2D eigenvalue weighted by molar-refractivity contribution is -0.130. The lowest BCUT2D eigenvalue weighted by Gasteiger charge is -2.18. The molecule has 1 aliphatic heterocycles. The van der Waals surface area contributed by atoms with Gasteiger partial charge in [-0.3, -0.25) is 19.3 Å². The molecule has 6 nitrogen and oxygen atoms in total. The number of nitrogens with zero attached hydrogens (tertiary/aromatic N) is 2. The number of fused-ring (bicyclic) bond motifs is 1. The molecule has 1 aromatic carbocycles. The molecule has 0 unspecified atom stereocenters. The molecule has 0 spiro atoms. The summed E-state index contributed by atoms with van der Waals surface area (Å²) in [6, 6.07) is 10.4. The molecule has 3 rings (SSSR count). The first-order valence-electron chi connectivity index (χ1n) is 7.72. The number of carbonyl (C=O) groups excluding carboxylic acids is 3. The molecule has 2 aromatic rings. The summed E-state index contributed by atoms with van der Waals surface area (Å²) in [7, 11) is 1.67. The van der Waals surface area contributed by atoms with Crippen LogP contribution in [0.4, 0.5) is 0 Å². The Morgan fingerprint density at radius 1 is 1.08 bits per heavy atom. The van der Waals surface area contributed by atoms with Crippen LogP contribution in [0.2, 0.25) is 0 Å². The van der Waals surface area contributed by atoms with Crippen LogP contribution in [0, 0.1) is 6.92 Å². The number of carbonyl (C=O) groups is 3. The Morgan fingerprint density at radius 2 is 1.71 bits per heavy atom. The minimum Gasteiger partial charge on any atom is -0.464 e. The number of hydrogen-bond donors (Lipinski definition) is 0. The van der Waals surface area contributed by atoms with Gasteiger partial charge in [0.25, 0.3) is 11.8 Å². The first-order chi connectivity index (χ1) is 11.5. The predicted octanol–water partition coefficient (Wildman–Crippen LogP) is 2.23. The number of aryl methyl sites for hydroxylation is 1. The molecule has 0 bridgehead atoms. The molecule has 2 heterocycles. The van der Waals surface area contributed by atoms with Crippen LogP contribution in [0.3, 0.4) is 0 Å². The van der Waals surface area contributed by atoms with Gasteiger partial charge in [0.2, 0.25) is 5.91 Å². The molecule has 124 valence electrons. The maximum atomic E-state index is 12.2. The number of amides is 3. The summed E-state index contributed by atoms with van der Waals surface area (Å²) >= 11 is 0. The number of benzene rings is 1. The molecule has 1 aromatic heterocycles. The molecule has 24 heavy (non-hydrogen) atoms. The van der Waals surface area contributed by atoms with Gasteiger partial charge in [0.05, 0.1) is 17.7 Å². The summed E-state index contributed by atoms with van der Waals surface area (Å²) in [6.45, 7) is 2.27. The van der Waals surface area contributed by atoms with Crippen molar-refractivity contribution in [1.82, 2.24) is 9.80 Å². The monoisotopic (exact) mass is 326 g/mol. The van der Waals surface area contributed by atoms with E-state index in [2.05, 4.69) is 0 Å². The lowest BCUT2D eigenvalue weighted by Crippen LogP contribution is -2.35. The molecule has 1 aliphatic rings. The standard InChI is InChI=1S/C18H18N2O4/c1-12-7-8-13(24-12)11-19(2)16(21)9-10-20-17(22)14-5-3-4-6-15(14)18(20)23/h3-8H,9-11H2,1-2H3. The molecule has 0 atom stereocenters. The van der Waals surface area contributed by atoms with E-state index >= 15 is 0 Å². The highest BCUT2D eigenvalue weighted by molar-refractivity contribution is 6.21. The van der Waals surface area contributed by atoms with E-state index in [-0.39, 0.29) is 30.7 Å². The maximum Gasteiger partial charge on any atom is 0.261 e. The van der Waals surface area contributed by atoms with Crippen LogP contribution in [0.15, 0.2) is 40.8 Å². The van der Waals surface area contributed by atoms with Gasteiger partial charge in [0.1, 0.15) is 11.5 Å². The van der Waals surface area contributed by atoms with E-state index in [4.69, 9.17) is 4.42 Å². The average Bonchev–Trinajstić information content (AvgIpc) is 3.08. The van der Waals surface area contributed by atoms with Crippen molar-refractivity contribution in [3.05, 3.63) is 59.0 Å². The minimum atomic E-state index is -0.340. The Labute approximate surface area is 139 Å². The third kappa shape index (κ3) is 2.95. The van der Waals surface area contributed by atoms with E-state index in [1.165, 1.54) is 4.90 Å². The fourth-order valence-corrected chi connectivity index (χ4v) is 2.73. The molecular formula is C18H18N2O4. The van der Waals surface area contributed by atoms with Crippen molar-refractivity contribution in [1.29, 1.82) is 0 Å². The predicted molar refractivity (Wildman–Crippen MR) is 86.3 cm³/mol. The highest BCUT2D eigenvalue weighted by Crippen LogP contribution is 2.22. The molecule has 3 amide bonds. The van der Waals surface area contributed by atoms with Gasteiger partial charge in [-0.2, -0.15) is 0 Å². The quantitative estimate of drug-likeness (QED) is 0.790. The van der Waals surface area contributed by atoms with Gasteiger partial charge in [-0.25, -0.2) is 0 Å². The maximum absolute atomic E-state index is 12.2. The molecular weight excluding hydrogens is 308 g/mol. The van der Waals surface area contributed by atoms with Crippen molar-refractivity contribution < 1.29 is 18.8 Å². The molecule has 0 fully saturated rings. The van der Waals surface area contributed by atoms with Gasteiger partial charge in [-0.05, 0) is 31.2 Å². The summed E-state index contributed by atoms with van der Waals surface area (Å²) in [5.74, 6) is 0.655. The number of rotatable bonds is 5. The van der Waals surface area contributed by atoms with Gasteiger partial charge in [0.15, 0.2) is 0 Å². The second-order valence-electron chi connectivity index (χ2n) is 5.82. The second-order valence-corrected chi connectivity index (χ2v) is 5.82. The van der Waals surface area contributed by atoms with E-state index in [9.17, 15) is 14.4 Å². The zero-order chi connectivity index (χ0) is 17.3. The van der Waals surface area contributed by atoms with Crippen molar-refractivity contribution >= 4 is 17.7 Å². The number of furan rings is 1. The number of imide groups is 1. The summed E-state index contributed by atoms with van der Waals surface area (Å²) < 4.78 is 5.45. The van der Waals surface area contributed by atoms with Crippen LogP contribution in [-0.2, 0) is 11.3 Å². The van der Waals surface area contributed by atoms with Gasteiger partial charge < -0.3 is 9.32 Å². The van der Waals surface area contributed by atoms with Crippen LogP contribution in [0.1, 0.15) is 38.7 Å². The molecule has 0 saturated carbocycles. The third-order valence-corrected chi connectivity index (χ3v) is 4.04. The van der Waals surface area contributed by atoms with Crippen molar-refractivity contribution in [2.24, 2.45) is 0 Å². The van der Waals surface area contributed by atoms with Crippen LogP contribution >= 0.6 is 0 Å². The lowest BCUT2D eigenvalue weighted by atomic mass is 10.1. The molecule has 0 N–H and O–H groups in total. The first kappa shape index (κ1) is 16.0. The van der Waals surface area contributed by atoms with E-state index < -0.39 is 0 Å². The topological polar surface area (TPSA) is 70.8 Å². The van der Waals surface area contributed by atoms with E-state index in [0.29, 0.717) is 23.4 Å². The van der Waals surface area contributed by atoms with Crippen LogP contribution in [-0.4, -0.2) is 41.1 Å². The summed E-state index contributed by atoms with van der Waals surface area (Å²) in [6.07, 6.45) is 0.0850. The minimum absolute atomic E-state index is 0.0761. The van der Waals surface area contributed by atoms with Gasteiger partial charge in [-0.1, -0.05) is 12.1 Å². The fraction of sp³-hybridized carbons (Fsp3) is 0.278. The summed E-state index contributed by atoms with van der Waals surface area (Å²) in [5.41, 5.74) is 0.795. The summed E-state index contributed by atoms with van der Waals surface area (Å²) in [5, 5.41) is 0. The van der Waals surface area contributed by atoms with Gasteiger partial charge in [-0.15, -0.1) is 0 Å². The Balaban J connectivity index is 1.59. The molecule has 0 radical (unpaired) electrons. The van der Waals surface area contributed by atoms with E-state index in [1.54, 1.807) is 31.3 Å². The van der Waals surface area contributed by atoms with Gasteiger partial charge >= 0.3 is 0 Å². The Kier molecular flexibility index (Phi) is 4.20. The van der Waals surface area contributed by atoms with Crippen molar-refractivity contribution in [2.75, 3.05) is 13.6 Å². The highest BCUT2D eigenvalue weighted by Gasteiger charge is 2.35. The van der Waals surface area contributed by atoms with Crippen LogP contribution < -0.4 is 0 Å². The number of hydrogen-bond acceptors (Lipinski definition) is 4. The van der Waals surface area contributed by atoms with Crippen molar-refractivity contribution in [2.45, 2.75) is 19.9 Å². The fourth-order valence-electron chi connectivity index (χ4n) is 2.73. The van der Waals surface area contributed by atoms with Crippen LogP contribution in [0.5, 0.6) is 0 Å². The second kappa shape index (κ2) is 6.31. The SMILES string of the molecule is Cc1ccc(CN(C)C(=O)CCN2C(=O)c3ccccc3C2=O)o1. The zero-order valence-electron chi connectivity index (χ0n) is 13.6. The molecule has 0 saturated heterocycles.